The van der Waals surface area contributed by atoms with E-state index in [4.69, 9.17) is 23.2 Å². The first-order valence-corrected chi connectivity index (χ1v) is 7.10. The second-order valence-electron chi connectivity index (χ2n) is 5.55. The van der Waals surface area contributed by atoms with Crippen molar-refractivity contribution in [3.8, 4) is 5.75 Å². The summed E-state index contributed by atoms with van der Waals surface area (Å²) < 4.78 is 0. The third-order valence-electron chi connectivity index (χ3n) is 3.43. The highest BCUT2D eigenvalue weighted by atomic mass is 35.5. The maximum atomic E-state index is 9.54. The average Bonchev–Trinajstić information content (AvgIpc) is 2.24. The van der Waals surface area contributed by atoms with Crippen LogP contribution >= 0.6 is 23.2 Å². The minimum atomic E-state index is -0.0255. The van der Waals surface area contributed by atoms with Crippen LogP contribution in [0.4, 0.5) is 0 Å². The van der Waals surface area contributed by atoms with E-state index in [0.29, 0.717) is 10.0 Å². The molecule has 4 heteroatoms. The number of piperidine rings is 1. The molecule has 0 unspecified atom stereocenters. The molecule has 0 bridgehead atoms. The number of hydrogen-bond acceptors (Lipinski definition) is 2. The molecule has 2 rings (SSSR count). The van der Waals surface area contributed by atoms with Crippen molar-refractivity contribution in [3.05, 3.63) is 27.7 Å². The fourth-order valence-corrected chi connectivity index (χ4v) is 3.42. The Morgan fingerprint density at radius 2 is 1.67 bits per heavy atom. The fourth-order valence-electron chi connectivity index (χ4n) is 2.89. The second kappa shape index (κ2) is 5.68. The van der Waals surface area contributed by atoms with E-state index in [0.717, 1.165) is 37.0 Å². The van der Waals surface area contributed by atoms with Crippen molar-refractivity contribution in [1.82, 2.24) is 4.90 Å². The number of phenolic OH excluding ortho intramolecular Hbond substituents is 1. The van der Waals surface area contributed by atoms with Crippen molar-refractivity contribution in [2.75, 3.05) is 13.1 Å². The second-order valence-corrected chi connectivity index (χ2v) is 6.36. The van der Waals surface area contributed by atoms with E-state index in [-0.39, 0.29) is 5.75 Å². The molecular weight excluding hydrogens is 269 g/mol. The lowest BCUT2D eigenvalue weighted by atomic mass is 9.91. The predicted molar refractivity (Wildman–Crippen MR) is 76.3 cm³/mol. The number of likely N-dealkylation sites (tertiary alicyclic amines) is 1. The van der Waals surface area contributed by atoms with Gasteiger partial charge in [0.2, 0.25) is 0 Å². The maximum Gasteiger partial charge on any atom is 0.152 e. The molecule has 0 saturated carbocycles. The van der Waals surface area contributed by atoms with Crippen LogP contribution in [0.2, 0.25) is 10.0 Å². The Balaban J connectivity index is 2.09. The van der Waals surface area contributed by atoms with Crippen molar-refractivity contribution in [1.29, 1.82) is 0 Å². The van der Waals surface area contributed by atoms with E-state index in [9.17, 15) is 5.11 Å². The van der Waals surface area contributed by atoms with E-state index in [1.807, 2.05) is 0 Å². The molecule has 100 valence electrons. The van der Waals surface area contributed by atoms with Gasteiger partial charge in [0.05, 0.1) is 10.0 Å². The highest BCUT2D eigenvalue weighted by Gasteiger charge is 2.22. The molecule has 0 spiro atoms. The smallest absolute Gasteiger partial charge is 0.152 e. The first-order chi connectivity index (χ1) is 8.45. The minimum absolute atomic E-state index is 0.0255. The minimum Gasteiger partial charge on any atom is -0.505 e. The summed E-state index contributed by atoms with van der Waals surface area (Å²) in [4.78, 5) is 2.43. The quantitative estimate of drug-likeness (QED) is 0.882. The molecule has 18 heavy (non-hydrogen) atoms. The molecule has 2 atom stereocenters. The third-order valence-corrected chi connectivity index (χ3v) is 4.00. The van der Waals surface area contributed by atoms with Gasteiger partial charge in [0.25, 0.3) is 0 Å². The number of benzene rings is 1. The van der Waals surface area contributed by atoms with Gasteiger partial charge in [0.1, 0.15) is 0 Å². The molecule has 1 aliphatic rings. The molecular formula is C14H19Cl2NO. The van der Waals surface area contributed by atoms with E-state index in [2.05, 4.69) is 18.7 Å². The van der Waals surface area contributed by atoms with Crippen LogP contribution in [0.5, 0.6) is 5.75 Å². The monoisotopic (exact) mass is 287 g/mol. The van der Waals surface area contributed by atoms with Crippen LogP contribution in [0.15, 0.2) is 12.1 Å². The number of phenols is 1. The lowest BCUT2D eigenvalue weighted by Gasteiger charge is -2.35. The molecule has 0 amide bonds. The molecule has 1 aromatic carbocycles. The van der Waals surface area contributed by atoms with Gasteiger partial charge < -0.3 is 5.11 Å². The Morgan fingerprint density at radius 3 is 2.17 bits per heavy atom. The van der Waals surface area contributed by atoms with Crippen molar-refractivity contribution in [3.63, 3.8) is 0 Å². The van der Waals surface area contributed by atoms with Gasteiger partial charge in [-0.05, 0) is 36.0 Å². The summed E-state index contributed by atoms with van der Waals surface area (Å²) in [7, 11) is 0. The van der Waals surface area contributed by atoms with E-state index < -0.39 is 0 Å². The van der Waals surface area contributed by atoms with Gasteiger partial charge in [-0.1, -0.05) is 37.0 Å². The van der Waals surface area contributed by atoms with Crippen LogP contribution in [-0.2, 0) is 6.54 Å². The van der Waals surface area contributed by atoms with Gasteiger partial charge in [0, 0.05) is 19.6 Å². The van der Waals surface area contributed by atoms with Gasteiger partial charge >= 0.3 is 0 Å². The zero-order valence-electron chi connectivity index (χ0n) is 10.8. The average molecular weight is 288 g/mol. The van der Waals surface area contributed by atoms with Crippen LogP contribution in [0.25, 0.3) is 0 Å². The molecule has 1 aliphatic heterocycles. The van der Waals surface area contributed by atoms with Crippen LogP contribution < -0.4 is 0 Å². The number of rotatable bonds is 2. The Kier molecular flexibility index (Phi) is 4.41. The summed E-state index contributed by atoms with van der Waals surface area (Å²) in [6.07, 6.45) is 1.30. The molecule has 0 aliphatic carbocycles. The lowest BCUT2D eigenvalue weighted by Crippen LogP contribution is -2.38. The maximum absolute atomic E-state index is 9.54. The SMILES string of the molecule is C[C@@H]1C[C@@H](C)CN(Cc2cc(Cl)c(O)c(Cl)c2)C1. The van der Waals surface area contributed by atoms with Crippen LogP contribution in [0, 0.1) is 11.8 Å². The van der Waals surface area contributed by atoms with Gasteiger partial charge in [-0.15, -0.1) is 0 Å². The summed E-state index contributed by atoms with van der Waals surface area (Å²) in [5.41, 5.74) is 1.06. The third kappa shape index (κ3) is 3.31. The zero-order chi connectivity index (χ0) is 13.3. The Morgan fingerprint density at radius 1 is 1.17 bits per heavy atom. The summed E-state index contributed by atoms with van der Waals surface area (Å²) in [6, 6.07) is 3.60. The van der Waals surface area contributed by atoms with Gasteiger partial charge in [-0.2, -0.15) is 0 Å². The molecule has 0 aromatic heterocycles. The van der Waals surface area contributed by atoms with Crippen molar-refractivity contribution < 1.29 is 5.11 Å². The Labute approximate surface area is 119 Å². The summed E-state index contributed by atoms with van der Waals surface area (Å²) in [5.74, 6) is 1.44. The van der Waals surface area contributed by atoms with Crippen LogP contribution in [0.3, 0.4) is 0 Å². The normalized spacial score (nSPS) is 25.3. The van der Waals surface area contributed by atoms with Crippen molar-refractivity contribution in [2.45, 2.75) is 26.8 Å². The number of aromatic hydroxyl groups is 1. The molecule has 1 aromatic rings. The first kappa shape index (κ1) is 14.0. The highest BCUT2D eigenvalue weighted by Crippen LogP contribution is 2.33. The highest BCUT2D eigenvalue weighted by molar-refractivity contribution is 6.37. The van der Waals surface area contributed by atoms with E-state index in [1.165, 1.54) is 6.42 Å². The number of halogens is 2. The zero-order valence-corrected chi connectivity index (χ0v) is 12.3. The molecule has 2 nitrogen and oxygen atoms in total. The van der Waals surface area contributed by atoms with Gasteiger partial charge in [0.15, 0.2) is 5.75 Å². The summed E-state index contributed by atoms with van der Waals surface area (Å²) in [5, 5.41) is 10.2. The van der Waals surface area contributed by atoms with Crippen LogP contribution in [-0.4, -0.2) is 23.1 Å². The van der Waals surface area contributed by atoms with Crippen molar-refractivity contribution in [2.24, 2.45) is 11.8 Å². The van der Waals surface area contributed by atoms with E-state index >= 15 is 0 Å². The molecule has 1 fully saturated rings. The van der Waals surface area contributed by atoms with Crippen molar-refractivity contribution >= 4 is 23.2 Å². The first-order valence-electron chi connectivity index (χ1n) is 6.35. The summed E-state index contributed by atoms with van der Waals surface area (Å²) in [6.45, 7) is 7.65. The largest absolute Gasteiger partial charge is 0.505 e. The lowest BCUT2D eigenvalue weighted by molar-refractivity contribution is 0.134. The Bertz CT molecular complexity index is 403. The fraction of sp³-hybridized carbons (Fsp3) is 0.571. The number of nitrogens with zero attached hydrogens (tertiary/aromatic N) is 1. The summed E-state index contributed by atoms with van der Waals surface area (Å²) >= 11 is 11.9. The molecule has 1 saturated heterocycles. The number of hydrogen-bond donors (Lipinski definition) is 1. The molecule has 1 heterocycles. The Hall–Kier alpha value is -0.440. The molecule has 1 N–H and O–H groups in total. The topological polar surface area (TPSA) is 23.5 Å². The molecule has 0 radical (unpaired) electrons. The van der Waals surface area contributed by atoms with Gasteiger partial charge in [-0.25, -0.2) is 0 Å². The van der Waals surface area contributed by atoms with E-state index in [1.54, 1.807) is 12.1 Å². The van der Waals surface area contributed by atoms with Crippen LogP contribution in [0.1, 0.15) is 25.8 Å². The predicted octanol–water partition coefficient (Wildman–Crippen LogP) is 4.18. The standard InChI is InChI=1S/C14H19Cl2NO/c1-9-3-10(2)7-17(6-9)8-11-4-12(15)14(18)13(16)5-11/h4-5,9-10,18H,3,6-8H2,1-2H3/t9-,10-/m1/s1. The van der Waals surface area contributed by atoms with Gasteiger partial charge in [-0.3, -0.25) is 4.90 Å².